The molecule has 0 aliphatic heterocycles. The quantitative estimate of drug-likeness (QED) is 0.179. The third-order valence-electron chi connectivity index (χ3n) is 3.53. The van der Waals surface area contributed by atoms with E-state index in [1.54, 1.807) is 0 Å². The summed E-state index contributed by atoms with van der Waals surface area (Å²) in [7, 11) is 0. The van der Waals surface area contributed by atoms with Gasteiger partial charge in [-0.2, -0.15) is 10.5 Å². The maximum absolute atomic E-state index is 8.40. The highest BCUT2D eigenvalue weighted by Crippen LogP contribution is 2.11. The lowest BCUT2D eigenvalue weighted by Crippen LogP contribution is -1.82. The number of allylic oxidation sites excluding steroid dienone is 2. The topological polar surface area (TPSA) is 47.6 Å². The van der Waals surface area contributed by atoms with Crippen LogP contribution in [-0.4, -0.2) is 11.5 Å². The van der Waals surface area contributed by atoms with Crippen LogP contribution in [-0.2, 0) is 0 Å². The molecule has 0 spiro atoms. The molecular weight excluding hydrogens is 308 g/mol. The fourth-order valence-corrected chi connectivity index (χ4v) is 3.14. The van der Waals surface area contributed by atoms with Gasteiger partial charge in [-0.05, 0) is 62.0 Å². The van der Waals surface area contributed by atoms with Crippen LogP contribution in [0.5, 0.6) is 0 Å². The molecule has 4 heteroatoms. The van der Waals surface area contributed by atoms with Crippen molar-refractivity contribution in [3.63, 3.8) is 0 Å². The van der Waals surface area contributed by atoms with Crippen LogP contribution >= 0.6 is 23.5 Å². The molecule has 0 unspecified atom stereocenters. The summed E-state index contributed by atoms with van der Waals surface area (Å²) >= 11 is 2.75. The number of hydrogen-bond acceptors (Lipinski definition) is 4. The first-order valence-electron chi connectivity index (χ1n) is 8.58. The normalized spacial score (nSPS) is 10.6. The minimum Gasteiger partial charge on any atom is -0.185 e. The van der Waals surface area contributed by atoms with E-state index in [1.807, 2.05) is 0 Å². The molecule has 22 heavy (non-hydrogen) atoms. The van der Waals surface area contributed by atoms with Crippen molar-refractivity contribution in [3.05, 3.63) is 12.2 Å². The summed E-state index contributed by atoms with van der Waals surface area (Å²) in [5.41, 5.74) is 0. The van der Waals surface area contributed by atoms with Gasteiger partial charge in [0.15, 0.2) is 0 Å². The minimum atomic E-state index is 0.990. The van der Waals surface area contributed by atoms with Gasteiger partial charge in [0.05, 0.1) is 0 Å². The molecule has 0 N–H and O–H groups in total. The second-order valence-corrected chi connectivity index (χ2v) is 7.22. The van der Waals surface area contributed by atoms with Gasteiger partial charge in [-0.25, -0.2) is 0 Å². The molecule has 0 fully saturated rings. The smallest absolute Gasteiger partial charge is 0.133 e. The largest absolute Gasteiger partial charge is 0.185 e. The lowest BCUT2D eigenvalue weighted by atomic mass is 10.1. The SMILES string of the molecule is N#CSCCCCCC/C=C/CCCCCCCCSC#N. The molecule has 0 saturated carbocycles. The molecule has 0 amide bonds. The van der Waals surface area contributed by atoms with E-state index in [9.17, 15) is 0 Å². The molecule has 124 valence electrons. The Hall–Kier alpha value is -0.580. The maximum atomic E-state index is 8.40. The number of nitriles is 2. The Labute approximate surface area is 145 Å². The number of nitrogens with zero attached hydrogens (tertiary/aromatic N) is 2. The molecule has 0 bridgehead atoms. The van der Waals surface area contributed by atoms with Crippen molar-refractivity contribution in [1.82, 2.24) is 0 Å². The van der Waals surface area contributed by atoms with Crippen molar-refractivity contribution in [1.29, 1.82) is 10.5 Å². The van der Waals surface area contributed by atoms with Crippen molar-refractivity contribution in [2.24, 2.45) is 0 Å². The van der Waals surface area contributed by atoms with Gasteiger partial charge < -0.3 is 0 Å². The highest BCUT2D eigenvalue weighted by molar-refractivity contribution is 8.03. The van der Waals surface area contributed by atoms with E-state index in [0.29, 0.717) is 0 Å². The van der Waals surface area contributed by atoms with Crippen molar-refractivity contribution >= 4 is 23.5 Å². The van der Waals surface area contributed by atoms with Crippen LogP contribution in [0.25, 0.3) is 0 Å². The molecule has 0 heterocycles. The van der Waals surface area contributed by atoms with Crippen LogP contribution < -0.4 is 0 Å². The molecule has 0 saturated heterocycles. The van der Waals surface area contributed by atoms with Crippen molar-refractivity contribution < 1.29 is 0 Å². The van der Waals surface area contributed by atoms with Crippen molar-refractivity contribution in [2.75, 3.05) is 11.5 Å². The van der Waals surface area contributed by atoms with Gasteiger partial charge in [0, 0.05) is 11.5 Å². The van der Waals surface area contributed by atoms with Gasteiger partial charge in [0.25, 0.3) is 0 Å². The van der Waals surface area contributed by atoms with Crippen LogP contribution in [0.3, 0.4) is 0 Å². The maximum Gasteiger partial charge on any atom is 0.133 e. The fourth-order valence-electron chi connectivity index (χ4n) is 2.26. The van der Waals surface area contributed by atoms with E-state index in [0.717, 1.165) is 11.5 Å². The zero-order valence-corrected chi connectivity index (χ0v) is 15.4. The average Bonchev–Trinajstić information content (AvgIpc) is 2.54. The van der Waals surface area contributed by atoms with E-state index >= 15 is 0 Å². The summed E-state index contributed by atoms with van der Waals surface area (Å²) < 4.78 is 0. The van der Waals surface area contributed by atoms with Crippen LogP contribution in [0.15, 0.2) is 12.2 Å². The summed E-state index contributed by atoms with van der Waals surface area (Å²) in [4.78, 5) is 0. The Kier molecular flexibility index (Phi) is 19.9. The molecule has 0 radical (unpaired) electrons. The number of thiocyanates is 2. The predicted octanol–water partition coefficient (Wildman–Crippen LogP) is 6.65. The van der Waals surface area contributed by atoms with E-state index in [-0.39, 0.29) is 0 Å². The molecule has 0 aromatic carbocycles. The standard InChI is InChI=1S/C18H30N2S2/c19-17-21-15-13-11-9-7-5-3-1-2-4-6-8-10-12-14-16-22-18-20/h1,3H,2,4-16H2/b3-1+. The molecule has 2 nitrogen and oxygen atoms in total. The number of hydrogen-bond donors (Lipinski definition) is 0. The third kappa shape index (κ3) is 19.4. The number of rotatable bonds is 16. The molecule has 0 aromatic rings. The Morgan fingerprint density at radius 2 is 0.909 bits per heavy atom. The minimum absolute atomic E-state index is 0.990. The molecule has 0 atom stereocenters. The first-order chi connectivity index (χ1) is 10.9. The van der Waals surface area contributed by atoms with Crippen molar-refractivity contribution in [3.8, 4) is 10.8 Å². The Bertz CT molecular complexity index is 329. The predicted molar refractivity (Wildman–Crippen MR) is 101 cm³/mol. The average molecular weight is 339 g/mol. The number of unbranched alkanes of at least 4 members (excludes halogenated alkanes) is 10. The summed E-state index contributed by atoms with van der Waals surface area (Å²) in [6.45, 7) is 0. The molecular formula is C18H30N2S2. The lowest BCUT2D eigenvalue weighted by molar-refractivity contribution is 0.612. The van der Waals surface area contributed by atoms with Crippen molar-refractivity contribution in [2.45, 2.75) is 77.0 Å². The van der Waals surface area contributed by atoms with Crippen LogP contribution in [0.1, 0.15) is 77.0 Å². The second-order valence-electron chi connectivity index (χ2n) is 5.46. The Balaban J connectivity index is 3.06. The zero-order valence-electron chi connectivity index (χ0n) is 13.8. The Morgan fingerprint density at radius 3 is 1.32 bits per heavy atom. The van der Waals surface area contributed by atoms with Gasteiger partial charge in [0.1, 0.15) is 10.8 Å². The lowest BCUT2D eigenvalue weighted by Gasteiger charge is -1.99. The van der Waals surface area contributed by atoms with Gasteiger partial charge >= 0.3 is 0 Å². The third-order valence-corrected chi connectivity index (χ3v) is 4.77. The summed E-state index contributed by atoms with van der Waals surface area (Å²) in [6.07, 6.45) is 19.9. The summed E-state index contributed by atoms with van der Waals surface area (Å²) in [5.74, 6) is 1.99. The monoisotopic (exact) mass is 338 g/mol. The van der Waals surface area contributed by atoms with Gasteiger partial charge in [-0.15, -0.1) is 0 Å². The van der Waals surface area contributed by atoms with Gasteiger partial charge in [0.2, 0.25) is 0 Å². The molecule has 0 aliphatic rings. The second kappa shape index (κ2) is 20.4. The van der Waals surface area contributed by atoms with E-state index in [1.165, 1.54) is 101 Å². The van der Waals surface area contributed by atoms with E-state index < -0.39 is 0 Å². The first kappa shape index (κ1) is 21.4. The highest BCUT2D eigenvalue weighted by atomic mass is 32.2. The first-order valence-corrected chi connectivity index (χ1v) is 10.6. The molecule has 0 rings (SSSR count). The highest BCUT2D eigenvalue weighted by Gasteiger charge is 1.92. The van der Waals surface area contributed by atoms with E-state index in [4.69, 9.17) is 10.5 Å². The van der Waals surface area contributed by atoms with Crippen LogP contribution in [0, 0.1) is 21.3 Å². The number of thioether (sulfide) groups is 2. The van der Waals surface area contributed by atoms with E-state index in [2.05, 4.69) is 23.0 Å². The van der Waals surface area contributed by atoms with Crippen LogP contribution in [0.4, 0.5) is 0 Å². The van der Waals surface area contributed by atoms with Gasteiger partial charge in [-0.1, -0.05) is 50.7 Å². The fraction of sp³-hybridized carbons (Fsp3) is 0.778. The van der Waals surface area contributed by atoms with Gasteiger partial charge in [-0.3, -0.25) is 0 Å². The zero-order chi connectivity index (χ0) is 16.1. The summed E-state index contributed by atoms with van der Waals surface area (Å²) in [5, 5.41) is 21.0. The Morgan fingerprint density at radius 1 is 0.545 bits per heavy atom. The summed E-state index contributed by atoms with van der Waals surface area (Å²) in [6, 6.07) is 0. The molecule has 0 aromatic heterocycles. The molecule has 0 aliphatic carbocycles. The van der Waals surface area contributed by atoms with Crippen LogP contribution in [0.2, 0.25) is 0 Å².